The van der Waals surface area contributed by atoms with Gasteiger partial charge in [-0.2, -0.15) is 0 Å². The summed E-state index contributed by atoms with van der Waals surface area (Å²) < 4.78 is 12.4. The van der Waals surface area contributed by atoms with Gasteiger partial charge < -0.3 is 5.32 Å². The lowest BCUT2D eigenvalue weighted by atomic mass is 10.2. The Morgan fingerprint density at radius 3 is 2.85 bits per heavy atom. The second-order valence-corrected chi connectivity index (χ2v) is 3.00. The largest absolute Gasteiger partial charge is 0.370 e. The number of aromatic nitrogens is 1. The fraction of sp³-hybridized carbons (Fsp3) is 0.500. The minimum absolute atomic E-state index is 0.292. The van der Waals surface area contributed by atoms with Crippen molar-refractivity contribution in [2.24, 2.45) is 0 Å². The van der Waals surface area contributed by atoms with E-state index in [1.165, 1.54) is 25.1 Å². The van der Waals surface area contributed by atoms with Crippen LogP contribution in [0.5, 0.6) is 0 Å². The van der Waals surface area contributed by atoms with Gasteiger partial charge in [0.1, 0.15) is 11.6 Å². The molecule has 0 aliphatic heterocycles. The number of hydrogen-bond donors (Lipinski definition) is 1. The maximum atomic E-state index is 12.4. The SMILES string of the molecule is CCCCCNc1ccc(F)cn1. The van der Waals surface area contributed by atoms with Crippen LogP contribution in [0.4, 0.5) is 10.2 Å². The molecule has 1 rings (SSSR count). The molecule has 0 unspecified atom stereocenters. The molecular weight excluding hydrogens is 167 g/mol. The van der Waals surface area contributed by atoms with Crippen LogP contribution in [0.2, 0.25) is 0 Å². The second kappa shape index (κ2) is 5.51. The minimum atomic E-state index is -0.292. The fourth-order valence-corrected chi connectivity index (χ4v) is 1.07. The van der Waals surface area contributed by atoms with Gasteiger partial charge in [-0.05, 0) is 18.6 Å². The van der Waals surface area contributed by atoms with Crippen molar-refractivity contribution in [1.82, 2.24) is 4.98 Å². The van der Waals surface area contributed by atoms with Crippen LogP contribution in [0.3, 0.4) is 0 Å². The average Bonchev–Trinajstić information content (AvgIpc) is 2.15. The quantitative estimate of drug-likeness (QED) is 0.708. The van der Waals surface area contributed by atoms with Crippen LogP contribution in [0.1, 0.15) is 26.2 Å². The van der Waals surface area contributed by atoms with Gasteiger partial charge in [-0.3, -0.25) is 0 Å². The highest BCUT2D eigenvalue weighted by Crippen LogP contribution is 2.03. The molecule has 0 spiro atoms. The maximum Gasteiger partial charge on any atom is 0.141 e. The molecular formula is C10H15FN2. The van der Waals surface area contributed by atoms with Gasteiger partial charge in [0.15, 0.2) is 0 Å². The molecule has 0 saturated heterocycles. The van der Waals surface area contributed by atoms with Crippen molar-refractivity contribution in [2.75, 3.05) is 11.9 Å². The third-order valence-corrected chi connectivity index (χ3v) is 1.81. The van der Waals surface area contributed by atoms with E-state index in [0.29, 0.717) is 0 Å². The van der Waals surface area contributed by atoms with Crippen LogP contribution in [0, 0.1) is 5.82 Å². The Balaban J connectivity index is 2.25. The van der Waals surface area contributed by atoms with Gasteiger partial charge in [-0.1, -0.05) is 19.8 Å². The number of anilines is 1. The molecule has 1 aromatic heterocycles. The normalized spacial score (nSPS) is 10.0. The molecule has 13 heavy (non-hydrogen) atoms. The average molecular weight is 182 g/mol. The zero-order valence-corrected chi connectivity index (χ0v) is 7.89. The molecule has 0 fully saturated rings. The standard InChI is InChI=1S/C10H15FN2/c1-2-3-4-7-12-10-6-5-9(11)8-13-10/h5-6,8H,2-4,7H2,1H3,(H,12,13). The summed E-state index contributed by atoms with van der Waals surface area (Å²) in [4.78, 5) is 3.89. The lowest BCUT2D eigenvalue weighted by Crippen LogP contribution is -2.02. The van der Waals surface area contributed by atoms with Crippen molar-refractivity contribution in [3.63, 3.8) is 0 Å². The second-order valence-electron chi connectivity index (χ2n) is 3.00. The highest BCUT2D eigenvalue weighted by atomic mass is 19.1. The number of nitrogens with zero attached hydrogens (tertiary/aromatic N) is 1. The topological polar surface area (TPSA) is 24.9 Å². The third-order valence-electron chi connectivity index (χ3n) is 1.81. The summed E-state index contributed by atoms with van der Waals surface area (Å²) in [5, 5.41) is 3.13. The van der Waals surface area contributed by atoms with Gasteiger partial charge in [-0.25, -0.2) is 9.37 Å². The number of unbranched alkanes of at least 4 members (excludes halogenated alkanes) is 2. The number of pyridine rings is 1. The Bertz CT molecular complexity index is 233. The lowest BCUT2D eigenvalue weighted by Gasteiger charge is -2.03. The molecule has 0 aromatic carbocycles. The molecule has 0 atom stereocenters. The van der Waals surface area contributed by atoms with E-state index in [2.05, 4.69) is 17.2 Å². The van der Waals surface area contributed by atoms with Crippen LogP contribution < -0.4 is 5.32 Å². The zero-order valence-electron chi connectivity index (χ0n) is 7.89. The van der Waals surface area contributed by atoms with Gasteiger partial charge in [0, 0.05) is 6.54 Å². The molecule has 72 valence electrons. The first-order valence-corrected chi connectivity index (χ1v) is 4.68. The molecule has 0 amide bonds. The molecule has 0 aliphatic carbocycles. The smallest absolute Gasteiger partial charge is 0.141 e. The van der Waals surface area contributed by atoms with E-state index in [-0.39, 0.29) is 5.82 Å². The van der Waals surface area contributed by atoms with Crippen molar-refractivity contribution < 1.29 is 4.39 Å². The summed E-state index contributed by atoms with van der Waals surface area (Å²) in [7, 11) is 0. The number of halogens is 1. The van der Waals surface area contributed by atoms with Gasteiger partial charge >= 0.3 is 0 Å². The van der Waals surface area contributed by atoms with Gasteiger partial charge in [0.25, 0.3) is 0 Å². The first-order chi connectivity index (χ1) is 6.33. The lowest BCUT2D eigenvalue weighted by molar-refractivity contribution is 0.621. The van der Waals surface area contributed by atoms with E-state index >= 15 is 0 Å². The van der Waals surface area contributed by atoms with Crippen molar-refractivity contribution >= 4 is 5.82 Å². The molecule has 0 aliphatic rings. The van der Waals surface area contributed by atoms with E-state index in [1.807, 2.05) is 0 Å². The van der Waals surface area contributed by atoms with Crippen LogP contribution in [-0.2, 0) is 0 Å². The van der Waals surface area contributed by atoms with Crippen LogP contribution >= 0.6 is 0 Å². The Morgan fingerprint density at radius 1 is 1.38 bits per heavy atom. The number of nitrogens with one attached hydrogen (secondary N) is 1. The summed E-state index contributed by atoms with van der Waals surface area (Å²) in [6, 6.07) is 3.07. The summed E-state index contributed by atoms with van der Waals surface area (Å²) in [5.41, 5.74) is 0. The monoisotopic (exact) mass is 182 g/mol. The van der Waals surface area contributed by atoms with Gasteiger partial charge in [0.2, 0.25) is 0 Å². The summed E-state index contributed by atoms with van der Waals surface area (Å²) >= 11 is 0. The fourth-order valence-electron chi connectivity index (χ4n) is 1.07. The van der Waals surface area contributed by atoms with E-state index in [0.717, 1.165) is 18.8 Å². The Labute approximate surface area is 78.2 Å². The first-order valence-electron chi connectivity index (χ1n) is 4.68. The third kappa shape index (κ3) is 3.87. The molecule has 0 bridgehead atoms. The minimum Gasteiger partial charge on any atom is -0.370 e. The van der Waals surface area contributed by atoms with Gasteiger partial charge in [0.05, 0.1) is 6.20 Å². The molecule has 1 N–H and O–H groups in total. The van der Waals surface area contributed by atoms with E-state index in [4.69, 9.17) is 0 Å². The molecule has 0 radical (unpaired) electrons. The molecule has 0 saturated carbocycles. The molecule has 1 heterocycles. The summed E-state index contributed by atoms with van der Waals surface area (Å²) in [6.07, 6.45) is 4.78. The van der Waals surface area contributed by atoms with Gasteiger partial charge in [-0.15, -0.1) is 0 Å². The Hall–Kier alpha value is -1.12. The molecule has 2 nitrogen and oxygen atoms in total. The molecule has 3 heteroatoms. The van der Waals surface area contributed by atoms with E-state index < -0.39 is 0 Å². The highest BCUT2D eigenvalue weighted by Gasteiger charge is 1.93. The van der Waals surface area contributed by atoms with E-state index in [1.54, 1.807) is 6.07 Å². The zero-order chi connectivity index (χ0) is 9.52. The van der Waals surface area contributed by atoms with Crippen LogP contribution in [-0.4, -0.2) is 11.5 Å². The maximum absolute atomic E-state index is 12.4. The number of rotatable bonds is 5. The van der Waals surface area contributed by atoms with Crippen molar-refractivity contribution in [1.29, 1.82) is 0 Å². The molecule has 1 aromatic rings. The van der Waals surface area contributed by atoms with Crippen LogP contribution in [0.15, 0.2) is 18.3 Å². The predicted octanol–water partition coefficient (Wildman–Crippen LogP) is 2.82. The summed E-state index contributed by atoms with van der Waals surface area (Å²) in [6.45, 7) is 3.07. The Kier molecular flexibility index (Phi) is 4.23. The highest BCUT2D eigenvalue weighted by molar-refractivity contribution is 5.33. The number of hydrogen-bond acceptors (Lipinski definition) is 2. The van der Waals surface area contributed by atoms with Crippen molar-refractivity contribution in [2.45, 2.75) is 26.2 Å². The van der Waals surface area contributed by atoms with Crippen LogP contribution in [0.25, 0.3) is 0 Å². The van der Waals surface area contributed by atoms with Crippen molar-refractivity contribution in [3.8, 4) is 0 Å². The Morgan fingerprint density at radius 2 is 2.23 bits per heavy atom. The predicted molar refractivity (Wildman–Crippen MR) is 52.2 cm³/mol. The summed E-state index contributed by atoms with van der Waals surface area (Å²) in [5.74, 6) is 0.455. The van der Waals surface area contributed by atoms with Crippen molar-refractivity contribution in [3.05, 3.63) is 24.1 Å². The first kappa shape index (κ1) is 9.96. The van der Waals surface area contributed by atoms with E-state index in [9.17, 15) is 4.39 Å².